The highest BCUT2D eigenvalue weighted by Gasteiger charge is 2.09. The van der Waals surface area contributed by atoms with Gasteiger partial charge >= 0.3 is 0 Å². The lowest BCUT2D eigenvalue weighted by atomic mass is 10.2. The first-order chi connectivity index (χ1) is 13.6. The Kier molecular flexibility index (Phi) is 6.29. The summed E-state index contributed by atoms with van der Waals surface area (Å²) >= 11 is 6.07. The van der Waals surface area contributed by atoms with Crippen LogP contribution in [0.5, 0.6) is 11.5 Å². The summed E-state index contributed by atoms with van der Waals surface area (Å²) in [6, 6.07) is 12.7. The largest absolute Gasteiger partial charge is 0.497 e. The normalized spacial score (nSPS) is 10.2. The van der Waals surface area contributed by atoms with Crippen LogP contribution in [0.15, 0.2) is 54.9 Å². The van der Waals surface area contributed by atoms with Crippen LogP contribution in [-0.2, 0) is 6.54 Å². The van der Waals surface area contributed by atoms with Crippen molar-refractivity contribution in [2.45, 2.75) is 6.54 Å². The molecule has 8 heteroatoms. The summed E-state index contributed by atoms with van der Waals surface area (Å²) in [5, 5.41) is 6.27. The van der Waals surface area contributed by atoms with Crippen molar-refractivity contribution in [1.29, 1.82) is 0 Å². The number of carbonyl (C=O) groups is 1. The number of hydrogen-bond donors (Lipinski definition) is 2. The van der Waals surface area contributed by atoms with Gasteiger partial charge in [-0.3, -0.25) is 4.79 Å². The molecule has 1 amide bonds. The van der Waals surface area contributed by atoms with E-state index in [1.165, 1.54) is 19.5 Å². The minimum Gasteiger partial charge on any atom is -0.497 e. The summed E-state index contributed by atoms with van der Waals surface area (Å²) in [4.78, 5) is 20.7. The molecule has 0 unspecified atom stereocenters. The van der Waals surface area contributed by atoms with Crippen LogP contribution in [0.2, 0.25) is 5.02 Å². The monoisotopic (exact) mass is 398 g/mol. The lowest BCUT2D eigenvalue weighted by molar-refractivity contribution is 0.102. The zero-order valence-corrected chi connectivity index (χ0v) is 16.2. The number of nitrogens with one attached hydrogen (secondary N) is 2. The average molecular weight is 399 g/mol. The van der Waals surface area contributed by atoms with Gasteiger partial charge in [0, 0.05) is 24.6 Å². The zero-order valence-electron chi connectivity index (χ0n) is 15.4. The molecule has 0 saturated carbocycles. The molecule has 0 saturated heterocycles. The summed E-state index contributed by atoms with van der Waals surface area (Å²) in [6.45, 7) is 0.555. The maximum Gasteiger partial charge on any atom is 0.258 e. The van der Waals surface area contributed by atoms with Crippen molar-refractivity contribution in [3.05, 3.63) is 71.0 Å². The van der Waals surface area contributed by atoms with Crippen molar-refractivity contribution < 1.29 is 14.3 Å². The van der Waals surface area contributed by atoms with Crippen LogP contribution in [-0.4, -0.2) is 30.1 Å². The molecule has 7 nitrogen and oxygen atoms in total. The predicted octanol–water partition coefficient (Wildman–Crippen LogP) is 4.01. The third kappa shape index (κ3) is 4.89. The maximum absolute atomic E-state index is 12.3. The lowest BCUT2D eigenvalue weighted by Crippen LogP contribution is -2.13. The third-order valence-corrected chi connectivity index (χ3v) is 4.23. The van der Waals surface area contributed by atoms with Gasteiger partial charge in [0.1, 0.15) is 11.5 Å². The second kappa shape index (κ2) is 9.05. The molecule has 0 aliphatic rings. The van der Waals surface area contributed by atoms with E-state index in [4.69, 9.17) is 21.1 Å². The first-order valence-electron chi connectivity index (χ1n) is 8.43. The number of hydrogen-bond acceptors (Lipinski definition) is 6. The lowest BCUT2D eigenvalue weighted by Gasteiger charge is -2.09. The van der Waals surface area contributed by atoms with E-state index in [9.17, 15) is 4.79 Å². The summed E-state index contributed by atoms with van der Waals surface area (Å²) in [7, 11) is 3.16. The molecule has 0 aliphatic carbocycles. The van der Waals surface area contributed by atoms with E-state index in [1.807, 2.05) is 24.3 Å². The summed E-state index contributed by atoms with van der Waals surface area (Å²) < 4.78 is 10.2. The Morgan fingerprint density at radius 3 is 2.36 bits per heavy atom. The van der Waals surface area contributed by atoms with Gasteiger partial charge in [-0.1, -0.05) is 23.7 Å². The molecule has 3 rings (SSSR count). The third-order valence-electron chi connectivity index (χ3n) is 3.93. The van der Waals surface area contributed by atoms with Crippen LogP contribution < -0.4 is 20.1 Å². The summed E-state index contributed by atoms with van der Waals surface area (Å²) in [6.07, 6.45) is 2.92. The van der Waals surface area contributed by atoms with Crippen molar-refractivity contribution in [1.82, 2.24) is 9.97 Å². The molecule has 1 aromatic heterocycles. The number of amides is 1. The van der Waals surface area contributed by atoms with Crippen molar-refractivity contribution in [2.24, 2.45) is 0 Å². The second-order valence-electron chi connectivity index (χ2n) is 5.80. The van der Waals surface area contributed by atoms with Gasteiger partial charge in [0.15, 0.2) is 0 Å². The number of ether oxygens (including phenoxy) is 2. The first-order valence-corrected chi connectivity index (χ1v) is 8.80. The van der Waals surface area contributed by atoms with Crippen LogP contribution in [0, 0.1) is 0 Å². The van der Waals surface area contributed by atoms with E-state index in [0.717, 1.165) is 11.3 Å². The molecule has 2 N–H and O–H groups in total. The molecule has 2 aromatic carbocycles. The number of nitrogens with zero attached hydrogens (tertiary/aromatic N) is 2. The van der Waals surface area contributed by atoms with Crippen LogP contribution in [0.1, 0.15) is 15.9 Å². The van der Waals surface area contributed by atoms with Crippen molar-refractivity contribution in [3.8, 4) is 11.5 Å². The van der Waals surface area contributed by atoms with Gasteiger partial charge in [0.2, 0.25) is 5.95 Å². The first kappa shape index (κ1) is 19.4. The molecule has 28 heavy (non-hydrogen) atoms. The number of anilines is 2. The average Bonchev–Trinajstić information content (AvgIpc) is 2.73. The number of rotatable bonds is 7. The molecule has 0 atom stereocenters. The molecule has 0 aliphatic heterocycles. The molecular formula is C20H19ClN4O3. The Labute approximate surface area is 167 Å². The predicted molar refractivity (Wildman–Crippen MR) is 108 cm³/mol. The van der Waals surface area contributed by atoms with Crippen LogP contribution in [0.25, 0.3) is 0 Å². The molecule has 1 heterocycles. The van der Waals surface area contributed by atoms with Gasteiger partial charge < -0.3 is 20.1 Å². The highest BCUT2D eigenvalue weighted by molar-refractivity contribution is 6.32. The standard InChI is InChI=1S/C20H19ClN4O3/c1-27-16-6-3-13(4-7-16)10-22-20-23-11-14(12-24-20)19(26)25-15-5-8-18(28-2)17(21)9-15/h3-9,11-12H,10H2,1-2H3,(H,25,26)(H,22,23,24). The Hall–Kier alpha value is -3.32. The Bertz CT molecular complexity index is 947. The van der Waals surface area contributed by atoms with Gasteiger partial charge in [-0.2, -0.15) is 0 Å². The van der Waals surface area contributed by atoms with Gasteiger partial charge in [0.05, 0.1) is 24.8 Å². The van der Waals surface area contributed by atoms with Crippen LogP contribution in [0.3, 0.4) is 0 Å². The Morgan fingerprint density at radius 1 is 1.04 bits per heavy atom. The van der Waals surface area contributed by atoms with Gasteiger partial charge in [-0.15, -0.1) is 0 Å². The Balaban J connectivity index is 1.58. The van der Waals surface area contributed by atoms with Gasteiger partial charge in [-0.25, -0.2) is 9.97 Å². The van der Waals surface area contributed by atoms with Crippen molar-refractivity contribution >= 4 is 29.1 Å². The van der Waals surface area contributed by atoms with Crippen molar-refractivity contribution in [3.63, 3.8) is 0 Å². The number of methoxy groups -OCH3 is 2. The number of carbonyl (C=O) groups excluding carboxylic acids is 1. The van der Waals surface area contributed by atoms with Crippen molar-refractivity contribution in [2.75, 3.05) is 24.9 Å². The highest BCUT2D eigenvalue weighted by atomic mass is 35.5. The second-order valence-corrected chi connectivity index (χ2v) is 6.21. The molecule has 0 radical (unpaired) electrons. The minimum absolute atomic E-state index is 0.331. The zero-order chi connectivity index (χ0) is 19.9. The minimum atomic E-state index is -0.331. The molecule has 0 bridgehead atoms. The molecule has 3 aromatic rings. The molecule has 0 spiro atoms. The SMILES string of the molecule is COc1ccc(CNc2ncc(C(=O)Nc3ccc(OC)c(Cl)c3)cn2)cc1. The summed E-state index contributed by atoms with van der Waals surface area (Å²) in [5.74, 6) is 1.44. The Morgan fingerprint density at radius 2 is 1.75 bits per heavy atom. The molecule has 0 fully saturated rings. The van der Waals surface area contributed by atoms with Gasteiger partial charge in [0.25, 0.3) is 5.91 Å². The van der Waals surface area contributed by atoms with Crippen LogP contribution >= 0.6 is 11.6 Å². The smallest absolute Gasteiger partial charge is 0.258 e. The fraction of sp³-hybridized carbons (Fsp3) is 0.150. The highest BCUT2D eigenvalue weighted by Crippen LogP contribution is 2.27. The summed E-state index contributed by atoms with van der Waals surface area (Å²) in [5.41, 5.74) is 1.95. The fourth-order valence-corrected chi connectivity index (χ4v) is 2.67. The van der Waals surface area contributed by atoms with E-state index in [1.54, 1.807) is 25.3 Å². The van der Waals surface area contributed by atoms with E-state index >= 15 is 0 Å². The molecule has 144 valence electrons. The van der Waals surface area contributed by atoms with E-state index < -0.39 is 0 Å². The maximum atomic E-state index is 12.3. The molecular weight excluding hydrogens is 380 g/mol. The number of benzene rings is 2. The topological polar surface area (TPSA) is 85.4 Å². The van der Waals surface area contributed by atoms with Crippen LogP contribution in [0.4, 0.5) is 11.6 Å². The quantitative estimate of drug-likeness (QED) is 0.625. The number of halogens is 1. The fourth-order valence-electron chi connectivity index (χ4n) is 2.41. The number of aromatic nitrogens is 2. The van der Waals surface area contributed by atoms with E-state index in [2.05, 4.69) is 20.6 Å². The van der Waals surface area contributed by atoms with Gasteiger partial charge in [-0.05, 0) is 35.9 Å². The van der Waals surface area contributed by atoms with E-state index in [-0.39, 0.29) is 5.91 Å². The van der Waals surface area contributed by atoms with E-state index in [0.29, 0.717) is 34.5 Å².